The van der Waals surface area contributed by atoms with Gasteiger partial charge in [0.15, 0.2) is 18.2 Å². The molecule has 3 rings (SSSR count). The van der Waals surface area contributed by atoms with Crippen LogP contribution < -0.4 is 15.0 Å². The number of hydrogen-bond acceptors (Lipinski definition) is 3. The lowest BCUT2D eigenvalue weighted by Gasteiger charge is -2.24. The highest BCUT2D eigenvalue weighted by Gasteiger charge is 2.28. The van der Waals surface area contributed by atoms with Gasteiger partial charge in [-0.3, -0.25) is 9.59 Å². The van der Waals surface area contributed by atoms with E-state index in [2.05, 4.69) is 5.32 Å². The smallest absolute Gasteiger partial charge is 0.265 e. The van der Waals surface area contributed by atoms with Gasteiger partial charge in [-0.1, -0.05) is 24.3 Å². The Morgan fingerprint density at radius 2 is 1.96 bits per heavy atom. The van der Waals surface area contributed by atoms with Crippen molar-refractivity contribution in [2.45, 2.75) is 13.0 Å². The zero-order chi connectivity index (χ0) is 17.1. The highest BCUT2D eigenvalue weighted by atomic mass is 19.1. The van der Waals surface area contributed by atoms with Crippen molar-refractivity contribution in [1.29, 1.82) is 0 Å². The quantitative estimate of drug-likeness (QED) is 0.941. The molecule has 124 valence electrons. The number of amides is 2. The fourth-order valence-electron chi connectivity index (χ4n) is 2.64. The zero-order valence-electron chi connectivity index (χ0n) is 13.2. The molecule has 1 unspecified atom stereocenters. The van der Waals surface area contributed by atoms with E-state index in [9.17, 15) is 14.0 Å². The Labute approximate surface area is 139 Å². The lowest BCUT2D eigenvalue weighted by molar-refractivity contribution is -0.120. The van der Waals surface area contributed by atoms with Crippen LogP contribution in [0, 0.1) is 5.82 Å². The van der Waals surface area contributed by atoms with Crippen LogP contribution in [0.2, 0.25) is 0 Å². The van der Waals surface area contributed by atoms with Crippen LogP contribution in [0.5, 0.6) is 5.75 Å². The molecule has 0 radical (unpaired) electrons. The highest BCUT2D eigenvalue weighted by molar-refractivity contribution is 6.06. The van der Waals surface area contributed by atoms with E-state index in [4.69, 9.17) is 4.74 Å². The van der Waals surface area contributed by atoms with Crippen molar-refractivity contribution in [3.8, 4) is 5.75 Å². The summed E-state index contributed by atoms with van der Waals surface area (Å²) in [7, 11) is 0. The number of nitrogens with zero attached hydrogens (tertiary/aromatic N) is 1. The van der Waals surface area contributed by atoms with E-state index >= 15 is 0 Å². The van der Waals surface area contributed by atoms with Crippen molar-refractivity contribution in [2.24, 2.45) is 0 Å². The standard InChI is InChI=1S/C18H17FN2O3/c1-12-10-21(15-8-4-2-6-13(15)18(23)20-12)17(22)11-24-16-9-5-3-7-14(16)19/h2-9,12H,10-11H2,1H3,(H,20,23). The molecule has 0 fully saturated rings. The average Bonchev–Trinajstić information content (AvgIpc) is 2.70. The van der Waals surface area contributed by atoms with Crippen LogP contribution in [0.3, 0.4) is 0 Å². The van der Waals surface area contributed by atoms with Crippen LogP contribution in [0.4, 0.5) is 10.1 Å². The van der Waals surface area contributed by atoms with Gasteiger partial charge in [0.25, 0.3) is 11.8 Å². The summed E-state index contributed by atoms with van der Waals surface area (Å²) >= 11 is 0. The summed E-state index contributed by atoms with van der Waals surface area (Å²) in [4.78, 5) is 26.3. The van der Waals surface area contributed by atoms with Crippen molar-refractivity contribution in [1.82, 2.24) is 5.32 Å². The summed E-state index contributed by atoms with van der Waals surface area (Å²) in [5.74, 6) is -1.06. The van der Waals surface area contributed by atoms with Gasteiger partial charge in [0.1, 0.15) is 0 Å². The van der Waals surface area contributed by atoms with Gasteiger partial charge >= 0.3 is 0 Å². The maximum Gasteiger partial charge on any atom is 0.265 e. The zero-order valence-corrected chi connectivity index (χ0v) is 13.2. The summed E-state index contributed by atoms with van der Waals surface area (Å²) in [5.41, 5.74) is 0.961. The van der Waals surface area contributed by atoms with E-state index in [1.165, 1.54) is 17.0 Å². The van der Waals surface area contributed by atoms with Gasteiger partial charge in [-0.15, -0.1) is 0 Å². The Bertz CT molecular complexity index is 778. The minimum Gasteiger partial charge on any atom is -0.481 e. The van der Waals surface area contributed by atoms with E-state index in [1.807, 2.05) is 6.92 Å². The maximum absolute atomic E-state index is 13.6. The molecule has 0 saturated carbocycles. The Morgan fingerprint density at radius 3 is 2.75 bits per heavy atom. The molecule has 1 N–H and O–H groups in total. The molecule has 2 amide bonds. The number of carbonyl (C=O) groups excluding carboxylic acids is 2. The minimum atomic E-state index is -0.522. The number of rotatable bonds is 3. The summed E-state index contributed by atoms with van der Waals surface area (Å²) in [6, 6.07) is 12.6. The largest absolute Gasteiger partial charge is 0.481 e. The van der Waals surface area contributed by atoms with Gasteiger partial charge in [0, 0.05) is 12.6 Å². The second-order valence-corrected chi connectivity index (χ2v) is 5.62. The fraction of sp³-hybridized carbons (Fsp3) is 0.222. The minimum absolute atomic E-state index is 0.0243. The van der Waals surface area contributed by atoms with Gasteiger partial charge in [-0.25, -0.2) is 4.39 Å². The second kappa shape index (κ2) is 6.70. The van der Waals surface area contributed by atoms with Crippen molar-refractivity contribution < 1.29 is 18.7 Å². The molecule has 1 aliphatic rings. The normalized spacial score (nSPS) is 16.8. The molecule has 0 bridgehead atoms. The average molecular weight is 328 g/mol. The van der Waals surface area contributed by atoms with Gasteiger partial charge < -0.3 is 15.0 Å². The van der Waals surface area contributed by atoms with E-state index in [-0.39, 0.29) is 30.2 Å². The third-order valence-corrected chi connectivity index (χ3v) is 3.76. The molecule has 1 aliphatic heterocycles. The SMILES string of the molecule is CC1CN(C(=O)COc2ccccc2F)c2ccccc2C(=O)N1. The third kappa shape index (κ3) is 3.22. The fourth-order valence-corrected chi connectivity index (χ4v) is 2.64. The van der Waals surface area contributed by atoms with E-state index in [0.29, 0.717) is 17.8 Å². The van der Waals surface area contributed by atoms with Gasteiger partial charge in [0.05, 0.1) is 11.3 Å². The van der Waals surface area contributed by atoms with Crippen LogP contribution in [0.1, 0.15) is 17.3 Å². The molecule has 0 saturated heterocycles. The number of hydrogen-bond donors (Lipinski definition) is 1. The number of anilines is 1. The second-order valence-electron chi connectivity index (χ2n) is 5.62. The molecule has 5 nitrogen and oxygen atoms in total. The lowest BCUT2D eigenvalue weighted by atomic mass is 10.1. The first-order valence-corrected chi connectivity index (χ1v) is 7.64. The predicted octanol–water partition coefficient (Wildman–Crippen LogP) is 2.37. The molecular formula is C18H17FN2O3. The molecule has 0 aromatic heterocycles. The van der Waals surface area contributed by atoms with Crippen LogP contribution in [0.25, 0.3) is 0 Å². The van der Waals surface area contributed by atoms with Gasteiger partial charge in [0.2, 0.25) is 0 Å². The summed E-state index contributed by atoms with van der Waals surface area (Å²) in [6.45, 7) is 1.83. The molecule has 6 heteroatoms. The van der Waals surface area contributed by atoms with Gasteiger partial charge in [-0.2, -0.15) is 0 Å². The predicted molar refractivity (Wildman–Crippen MR) is 87.6 cm³/mol. The Balaban J connectivity index is 1.82. The number of nitrogens with one attached hydrogen (secondary N) is 1. The number of para-hydroxylation sites is 2. The number of benzene rings is 2. The van der Waals surface area contributed by atoms with Crippen molar-refractivity contribution >= 4 is 17.5 Å². The van der Waals surface area contributed by atoms with Crippen LogP contribution >= 0.6 is 0 Å². The Kier molecular flexibility index (Phi) is 4.46. The first-order chi connectivity index (χ1) is 11.6. The summed E-state index contributed by atoms with van der Waals surface area (Å²) < 4.78 is 18.9. The molecular weight excluding hydrogens is 311 g/mol. The molecule has 24 heavy (non-hydrogen) atoms. The lowest BCUT2D eigenvalue weighted by Crippen LogP contribution is -2.42. The number of fused-ring (bicyclic) bond motifs is 1. The highest BCUT2D eigenvalue weighted by Crippen LogP contribution is 2.24. The molecule has 1 heterocycles. The van der Waals surface area contributed by atoms with Crippen LogP contribution in [-0.4, -0.2) is 31.0 Å². The molecule has 2 aromatic rings. The van der Waals surface area contributed by atoms with Crippen molar-refractivity contribution in [3.05, 3.63) is 59.9 Å². The first kappa shape index (κ1) is 16.0. The van der Waals surface area contributed by atoms with E-state index in [0.717, 1.165) is 0 Å². The Hall–Kier alpha value is -2.89. The Morgan fingerprint density at radius 1 is 1.25 bits per heavy atom. The molecule has 0 aliphatic carbocycles. The topological polar surface area (TPSA) is 58.6 Å². The summed E-state index contributed by atoms with van der Waals surface area (Å²) in [6.07, 6.45) is 0. The molecule has 1 atom stereocenters. The maximum atomic E-state index is 13.6. The summed E-state index contributed by atoms with van der Waals surface area (Å²) in [5, 5.41) is 2.83. The third-order valence-electron chi connectivity index (χ3n) is 3.76. The number of carbonyl (C=O) groups is 2. The first-order valence-electron chi connectivity index (χ1n) is 7.64. The number of halogens is 1. The van der Waals surface area contributed by atoms with Crippen LogP contribution in [0.15, 0.2) is 48.5 Å². The van der Waals surface area contributed by atoms with Gasteiger partial charge in [-0.05, 0) is 31.2 Å². The molecule has 0 spiro atoms. The van der Waals surface area contributed by atoms with Crippen LogP contribution in [-0.2, 0) is 4.79 Å². The van der Waals surface area contributed by atoms with Crippen molar-refractivity contribution in [2.75, 3.05) is 18.1 Å². The molecule has 2 aromatic carbocycles. The van der Waals surface area contributed by atoms with Crippen molar-refractivity contribution in [3.63, 3.8) is 0 Å². The van der Waals surface area contributed by atoms with E-state index < -0.39 is 5.82 Å². The monoisotopic (exact) mass is 328 g/mol. The number of ether oxygens (including phenoxy) is 1. The van der Waals surface area contributed by atoms with E-state index in [1.54, 1.807) is 36.4 Å².